The van der Waals surface area contributed by atoms with E-state index in [9.17, 15) is 8.42 Å². The Hall–Kier alpha value is -1.93. The van der Waals surface area contributed by atoms with Crippen molar-refractivity contribution < 1.29 is 8.42 Å². The van der Waals surface area contributed by atoms with E-state index in [0.29, 0.717) is 11.3 Å². The van der Waals surface area contributed by atoms with Crippen molar-refractivity contribution in [1.82, 2.24) is 9.78 Å². The minimum absolute atomic E-state index is 0.0344. The number of nitrogens with zero attached hydrogens (tertiary/aromatic N) is 2. The van der Waals surface area contributed by atoms with Gasteiger partial charge in [0.15, 0.2) is 0 Å². The molecule has 19 heavy (non-hydrogen) atoms. The van der Waals surface area contributed by atoms with Gasteiger partial charge in [0.25, 0.3) is 10.0 Å². The second kappa shape index (κ2) is 4.98. The maximum Gasteiger partial charge on any atom is 0.262 e. The third-order valence-electron chi connectivity index (χ3n) is 2.40. The Bertz CT molecular complexity index is 722. The molecule has 3 N–H and O–H groups in total. The van der Waals surface area contributed by atoms with Crippen molar-refractivity contribution in [3.8, 4) is 0 Å². The zero-order valence-corrected chi connectivity index (χ0v) is 11.7. The highest BCUT2D eigenvalue weighted by Gasteiger charge is 2.19. The minimum Gasteiger partial charge on any atom is -0.389 e. The SMILES string of the molecule is Cn1cc(NS(=O)(=O)c2ccccc2C(N)=S)cn1. The van der Waals surface area contributed by atoms with Crippen molar-refractivity contribution in [3.63, 3.8) is 0 Å². The van der Waals surface area contributed by atoms with Gasteiger partial charge in [-0.1, -0.05) is 30.4 Å². The molecule has 0 aliphatic rings. The lowest BCUT2D eigenvalue weighted by Crippen LogP contribution is -2.19. The summed E-state index contributed by atoms with van der Waals surface area (Å²) in [6.45, 7) is 0. The highest BCUT2D eigenvalue weighted by atomic mass is 32.2. The number of aryl methyl sites for hydroxylation is 1. The van der Waals surface area contributed by atoms with E-state index in [4.69, 9.17) is 18.0 Å². The van der Waals surface area contributed by atoms with E-state index < -0.39 is 10.0 Å². The Morgan fingerprint density at radius 2 is 2.11 bits per heavy atom. The van der Waals surface area contributed by atoms with Crippen molar-refractivity contribution in [3.05, 3.63) is 42.2 Å². The van der Waals surface area contributed by atoms with Crippen molar-refractivity contribution >= 4 is 32.9 Å². The molecule has 8 heteroatoms. The molecule has 2 rings (SSSR count). The van der Waals surface area contributed by atoms with Gasteiger partial charge in [0.05, 0.1) is 16.8 Å². The maximum absolute atomic E-state index is 12.3. The Balaban J connectivity index is 2.43. The molecule has 0 saturated heterocycles. The molecule has 2 aromatic rings. The summed E-state index contributed by atoms with van der Waals surface area (Å²) < 4.78 is 28.5. The van der Waals surface area contributed by atoms with Crippen LogP contribution in [0.3, 0.4) is 0 Å². The number of benzene rings is 1. The molecule has 0 fully saturated rings. The second-order valence-corrected chi connectivity index (χ2v) is 5.96. The molecule has 0 aliphatic heterocycles. The molecule has 1 heterocycles. The first-order valence-corrected chi connectivity index (χ1v) is 7.19. The van der Waals surface area contributed by atoms with Gasteiger partial charge in [0.1, 0.15) is 4.99 Å². The fourth-order valence-corrected chi connectivity index (χ4v) is 3.08. The van der Waals surface area contributed by atoms with Crippen LogP contribution < -0.4 is 10.5 Å². The van der Waals surface area contributed by atoms with Crippen LogP contribution in [0.2, 0.25) is 0 Å². The van der Waals surface area contributed by atoms with E-state index in [2.05, 4.69) is 9.82 Å². The molecular formula is C11H12N4O2S2. The largest absolute Gasteiger partial charge is 0.389 e. The van der Waals surface area contributed by atoms with Crippen LogP contribution in [-0.2, 0) is 17.1 Å². The predicted octanol–water partition coefficient (Wildman–Crippen LogP) is 0.855. The van der Waals surface area contributed by atoms with E-state index in [0.717, 1.165) is 0 Å². The number of thiocarbonyl (C=S) groups is 1. The highest BCUT2D eigenvalue weighted by Crippen LogP contribution is 2.19. The third kappa shape index (κ3) is 2.91. The standard InChI is InChI=1S/C11H12N4O2S2/c1-15-7-8(6-13-15)14-19(16,17)10-5-3-2-4-9(10)11(12)18/h2-7,14H,1H3,(H2,12,18). The zero-order valence-electron chi connectivity index (χ0n) is 10.1. The minimum atomic E-state index is -3.75. The van der Waals surface area contributed by atoms with E-state index >= 15 is 0 Å². The fourth-order valence-electron chi connectivity index (χ4n) is 1.59. The normalized spacial score (nSPS) is 11.2. The van der Waals surface area contributed by atoms with Crippen molar-refractivity contribution in [2.45, 2.75) is 4.90 Å². The van der Waals surface area contributed by atoms with Gasteiger partial charge in [-0.3, -0.25) is 9.40 Å². The lowest BCUT2D eigenvalue weighted by atomic mass is 10.2. The van der Waals surface area contributed by atoms with E-state index in [1.165, 1.54) is 16.9 Å². The first kappa shape index (κ1) is 13.5. The number of sulfonamides is 1. The molecule has 0 radical (unpaired) electrons. The van der Waals surface area contributed by atoms with Crippen LogP contribution in [0, 0.1) is 0 Å². The molecule has 0 saturated carbocycles. The summed E-state index contributed by atoms with van der Waals surface area (Å²) in [5.41, 5.74) is 6.22. The first-order valence-electron chi connectivity index (χ1n) is 5.30. The van der Waals surface area contributed by atoms with Crippen molar-refractivity contribution in [2.75, 3.05) is 4.72 Å². The Kier molecular flexibility index (Phi) is 3.54. The number of anilines is 1. The lowest BCUT2D eigenvalue weighted by molar-refractivity contribution is 0.601. The number of rotatable bonds is 4. The summed E-state index contributed by atoms with van der Waals surface area (Å²) in [5.74, 6) is 0. The molecule has 6 nitrogen and oxygen atoms in total. The van der Waals surface area contributed by atoms with Crippen molar-refractivity contribution in [2.24, 2.45) is 12.8 Å². The van der Waals surface area contributed by atoms with Gasteiger partial charge in [0, 0.05) is 18.8 Å². The van der Waals surface area contributed by atoms with Gasteiger partial charge in [-0.2, -0.15) is 5.10 Å². The molecule has 1 aromatic carbocycles. The van der Waals surface area contributed by atoms with Gasteiger partial charge in [0.2, 0.25) is 0 Å². The first-order chi connectivity index (χ1) is 8.90. The van der Waals surface area contributed by atoms with Gasteiger partial charge in [-0.15, -0.1) is 0 Å². The van der Waals surface area contributed by atoms with Crippen molar-refractivity contribution in [1.29, 1.82) is 0 Å². The highest BCUT2D eigenvalue weighted by molar-refractivity contribution is 7.93. The third-order valence-corrected chi connectivity index (χ3v) is 4.06. The van der Waals surface area contributed by atoms with E-state index in [-0.39, 0.29) is 9.88 Å². The summed E-state index contributed by atoms with van der Waals surface area (Å²) in [7, 11) is -2.05. The molecule has 1 aromatic heterocycles. The molecule has 0 unspecified atom stereocenters. The van der Waals surface area contributed by atoms with Gasteiger partial charge in [-0.25, -0.2) is 8.42 Å². The Morgan fingerprint density at radius 1 is 1.42 bits per heavy atom. The summed E-state index contributed by atoms with van der Waals surface area (Å²) in [5, 5.41) is 3.89. The Labute approximate surface area is 116 Å². The molecule has 0 spiro atoms. The maximum atomic E-state index is 12.3. The summed E-state index contributed by atoms with van der Waals surface area (Å²) in [6, 6.07) is 6.31. The molecule has 100 valence electrons. The van der Waals surface area contributed by atoms with E-state index in [1.54, 1.807) is 31.4 Å². The number of hydrogen-bond acceptors (Lipinski definition) is 4. The topological polar surface area (TPSA) is 90.0 Å². The molecule has 0 bridgehead atoms. The summed E-state index contributed by atoms with van der Waals surface area (Å²) >= 11 is 4.86. The van der Waals surface area contributed by atoms with Gasteiger partial charge < -0.3 is 5.73 Å². The second-order valence-electron chi connectivity index (χ2n) is 3.87. The number of hydrogen-bond donors (Lipinski definition) is 2. The number of aromatic nitrogens is 2. The zero-order chi connectivity index (χ0) is 14.0. The Morgan fingerprint density at radius 3 is 2.68 bits per heavy atom. The summed E-state index contributed by atoms with van der Waals surface area (Å²) in [4.78, 5) is 0.0820. The van der Waals surface area contributed by atoms with Crippen LogP contribution in [0.25, 0.3) is 0 Å². The molecule has 0 amide bonds. The van der Waals surface area contributed by atoms with Crippen LogP contribution in [0.1, 0.15) is 5.56 Å². The molecular weight excluding hydrogens is 284 g/mol. The van der Waals surface area contributed by atoms with Crippen LogP contribution >= 0.6 is 12.2 Å². The average molecular weight is 296 g/mol. The fraction of sp³-hybridized carbons (Fsp3) is 0.0909. The monoisotopic (exact) mass is 296 g/mol. The predicted molar refractivity (Wildman–Crippen MR) is 76.3 cm³/mol. The van der Waals surface area contributed by atoms with Gasteiger partial charge in [-0.05, 0) is 6.07 Å². The number of nitrogens with two attached hydrogens (primary N) is 1. The average Bonchev–Trinajstić information content (AvgIpc) is 2.74. The van der Waals surface area contributed by atoms with E-state index in [1.807, 2.05) is 0 Å². The molecule has 0 aliphatic carbocycles. The quantitative estimate of drug-likeness (QED) is 0.817. The van der Waals surface area contributed by atoms with Gasteiger partial charge >= 0.3 is 0 Å². The van der Waals surface area contributed by atoms with Crippen LogP contribution in [0.15, 0.2) is 41.6 Å². The van der Waals surface area contributed by atoms with Crippen LogP contribution in [-0.4, -0.2) is 23.2 Å². The summed E-state index contributed by atoms with van der Waals surface area (Å²) in [6.07, 6.45) is 2.97. The van der Waals surface area contributed by atoms with Crippen LogP contribution in [0.5, 0.6) is 0 Å². The smallest absolute Gasteiger partial charge is 0.262 e. The lowest BCUT2D eigenvalue weighted by Gasteiger charge is -2.09. The van der Waals surface area contributed by atoms with Crippen LogP contribution in [0.4, 0.5) is 5.69 Å². The number of nitrogens with one attached hydrogen (secondary N) is 1. The molecule has 0 atom stereocenters.